The van der Waals surface area contributed by atoms with Crippen molar-refractivity contribution in [3.05, 3.63) is 41.5 Å². The lowest BCUT2D eigenvalue weighted by atomic mass is 10.1. The van der Waals surface area contributed by atoms with Crippen molar-refractivity contribution < 1.29 is 0 Å². The van der Waals surface area contributed by atoms with Gasteiger partial charge in [0.1, 0.15) is 11.6 Å². The summed E-state index contributed by atoms with van der Waals surface area (Å²) in [6.07, 6.45) is 7.02. The Balaban J connectivity index is 1.76. The molecular weight excluding hydrogens is 248 g/mol. The summed E-state index contributed by atoms with van der Waals surface area (Å²) in [4.78, 5) is 0. The normalized spacial score (nSPS) is 15.8. The van der Waals surface area contributed by atoms with E-state index in [0.717, 1.165) is 30.2 Å². The molecule has 4 heteroatoms. The molecule has 2 aromatic rings. The largest absolute Gasteiger partial charge is 0.399 e. The van der Waals surface area contributed by atoms with Gasteiger partial charge < -0.3 is 10.3 Å². The van der Waals surface area contributed by atoms with Crippen molar-refractivity contribution >= 4 is 5.69 Å². The summed E-state index contributed by atoms with van der Waals surface area (Å²) in [5.41, 5.74) is 8.08. The van der Waals surface area contributed by atoms with Crippen molar-refractivity contribution in [1.29, 1.82) is 0 Å². The van der Waals surface area contributed by atoms with Gasteiger partial charge in [-0.15, -0.1) is 10.2 Å². The Bertz CT molecular complexity index is 582. The quantitative estimate of drug-likeness (QED) is 0.869. The highest BCUT2D eigenvalue weighted by atomic mass is 15.3. The van der Waals surface area contributed by atoms with Crippen LogP contribution in [0.15, 0.2) is 24.3 Å². The summed E-state index contributed by atoms with van der Waals surface area (Å²) in [7, 11) is 0. The molecule has 20 heavy (non-hydrogen) atoms. The van der Waals surface area contributed by atoms with Crippen LogP contribution in [0.2, 0.25) is 0 Å². The number of hydrogen-bond donors (Lipinski definition) is 1. The molecule has 0 bridgehead atoms. The van der Waals surface area contributed by atoms with Gasteiger partial charge in [-0.1, -0.05) is 31.0 Å². The van der Waals surface area contributed by atoms with Crippen LogP contribution in [0.4, 0.5) is 5.69 Å². The molecule has 1 aromatic carbocycles. The van der Waals surface area contributed by atoms with Crippen molar-refractivity contribution in [3.8, 4) is 0 Å². The number of benzene rings is 1. The van der Waals surface area contributed by atoms with E-state index < -0.39 is 0 Å². The fourth-order valence-corrected chi connectivity index (χ4v) is 3.23. The fraction of sp³-hybridized carbons (Fsp3) is 0.500. The monoisotopic (exact) mass is 270 g/mol. The first-order valence-electron chi connectivity index (χ1n) is 7.49. The highest BCUT2D eigenvalue weighted by Crippen LogP contribution is 2.31. The van der Waals surface area contributed by atoms with E-state index in [-0.39, 0.29) is 0 Å². The summed E-state index contributed by atoms with van der Waals surface area (Å²) in [6, 6.07) is 8.68. The first-order valence-corrected chi connectivity index (χ1v) is 7.49. The van der Waals surface area contributed by atoms with E-state index >= 15 is 0 Å². The summed E-state index contributed by atoms with van der Waals surface area (Å²) in [5.74, 6) is 2.16. The Morgan fingerprint density at radius 2 is 1.90 bits per heavy atom. The third-order valence-corrected chi connectivity index (χ3v) is 4.30. The van der Waals surface area contributed by atoms with Gasteiger partial charge in [0.15, 0.2) is 0 Å². The molecule has 3 rings (SSSR count). The molecule has 2 N–H and O–H groups in total. The second-order valence-corrected chi connectivity index (χ2v) is 5.67. The summed E-state index contributed by atoms with van der Waals surface area (Å²) in [5, 5.41) is 8.65. The summed E-state index contributed by atoms with van der Waals surface area (Å²) >= 11 is 0. The molecule has 0 amide bonds. The van der Waals surface area contributed by atoms with Crippen LogP contribution in [-0.4, -0.2) is 14.8 Å². The van der Waals surface area contributed by atoms with Gasteiger partial charge in [-0.05, 0) is 37.8 Å². The average Bonchev–Trinajstić information content (AvgIpc) is 3.07. The molecule has 1 fully saturated rings. The zero-order valence-corrected chi connectivity index (χ0v) is 12.0. The van der Waals surface area contributed by atoms with Gasteiger partial charge in [0, 0.05) is 18.2 Å². The van der Waals surface area contributed by atoms with E-state index in [2.05, 4.69) is 27.8 Å². The second kappa shape index (κ2) is 5.65. The maximum Gasteiger partial charge on any atom is 0.133 e. The van der Waals surface area contributed by atoms with Crippen molar-refractivity contribution in [2.75, 3.05) is 5.73 Å². The molecule has 0 aliphatic heterocycles. The minimum absolute atomic E-state index is 0.605. The van der Waals surface area contributed by atoms with E-state index in [1.165, 1.54) is 31.2 Å². The number of hydrogen-bond acceptors (Lipinski definition) is 3. The third kappa shape index (κ3) is 2.55. The van der Waals surface area contributed by atoms with Gasteiger partial charge in [-0.25, -0.2) is 0 Å². The number of nitrogens with zero attached hydrogens (tertiary/aromatic N) is 3. The molecule has 1 aromatic heterocycles. The minimum atomic E-state index is 0.605. The molecule has 0 saturated heterocycles. The fourth-order valence-electron chi connectivity index (χ4n) is 3.23. The van der Waals surface area contributed by atoms with Gasteiger partial charge in [-0.3, -0.25) is 0 Å². The summed E-state index contributed by atoms with van der Waals surface area (Å²) in [6.45, 7) is 2.06. The third-order valence-electron chi connectivity index (χ3n) is 4.30. The second-order valence-electron chi connectivity index (χ2n) is 5.67. The number of rotatable bonds is 4. The molecule has 0 atom stereocenters. The zero-order valence-electron chi connectivity index (χ0n) is 12.0. The lowest BCUT2D eigenvalue weighted by molar-refractivity contribution is 0.485. The molecule has 106 valence electrons. The van der Waals surface area contributed by atoms with Gasteiger partial charge in [0.05, 0.1) is 0 Å². The Labute approximate surface area is 120 Å². The van der Waals surface area contributed by atoms with Crippen LogP contribution < -0.4 is 5.73 Å². The molecule has 4 nitrogen and oxygen atoms in total. The van der Waals surface area contributed by atoms with Gasteiger partial charge in [0.25, 0.3) is 0 Å². The Kier molecular flexibility index (Phi) is 3.72. The average molecular weight is 270 g/mol. The maximum absolute atomic E-state index is 6.01. The van der Waals surface area contributed by atoms with Gasteiger partial charge in [0.2, 0.25) is 0 Å². The van der Waals surface area contributed by atoms with Gasteiger partial charge in [-0.2, -0.15) is 0 Å². The van der Waals surface area contributed by atoms with E-state index in [1.54, 1.807) is 0 Å². The van der Waals surface area contributed by atoms with Crippen molar-refractivity contribution in [2.24, 2.45) is 0 Å². The van der Waals surface area contributed by atoms with Gasteiger partial charge >= 0.3 is 0 Å². The van der Waals surface area contributed by atoms with Crippen LogP contribution in [0.25, 0.3) is 0 Å². The van der Waals surface area contributed by atoms with E-state index in [4.69, 9.17) is 5.73 Å². The lowest BCUT2D eigenvalue weighted by Gasteiger charge is -2.16. The number of aromatic nitrogens is 3. The molecule has 0 radical (unpaired) electrons. The van der Waals surface area contributed by atoms with Crippen LogP contribution in [0.5, 0.6) is 0 Å². The highest BCUT2D eigenvalue weighted by molar-refractivity contribution is 5.46. The number of nitrogens with two attached hydrogens (primary N) is 1. The van der Waals surface area contributed by atoms with Crippen LogP contribution in [-0.2, 0) is 12.8 Å². The molecule has 1 aliphatic carbocycles. The topological polar surface area (TPSA) is 56.7 Å². The first-order chi connectivity index (χ1) is 9.75. The zero-order chi connectivity index (χ0) is 13.9. The molecule has 1 aliphatic rings. The number of aryl methyl sites for hydroxylation is 3. The SMILES string of the molecule is Cc1nnc(CCc2ccccc2N)n1C1CCCC1. The predicted molar refractivity (Wildman–Crippen MR) is 80.5 cm³/mol. The molecule has 0 unspecified atom stereocenters. The standard InChI is InChI=1S/C16H22N4/c1-12-18-19-16(20(12)14-7-3-4-8-14)11-10-13-6-2-5-9-15(13)17/h2,5-6,9,14H,3-4,7-8,10-11,17H2,1H3. The van der Waals surface area contributed by atoms with Crippen LogP contribution in [0.1, 0.15) is 48.9 Å². The van der Waals surface area contributed by atoms with E-state index in [1.807, 2.05) is 18.2 Å². The molecule has 1 heterocycles. The lowest BCUT2D eigenvalue weighted by Crippen LogP contribution is -2.12. The molecule has 0 spiro atoms. The Morgan fingerprint density at radius 3 is 2.65 bits per heavy atom. The van der Waals surface area contributed by atoms with Crippen LogP contribution in [0, 0.1) is 6.92 Å². The Morgan fingerprint density at radius 1 is 1.15 bits per heavy atom. The number of nitrogen functional groups attached to an aromatic ring is 1. The summed E-state index contributed by atoms with van der Waals surface area (Å²) < 4.78 is 2.35. The molecule has 1 saturated carbocycles. The van der Waals surface area contributed by atoms with Crippen molar-refractivity contribution in [3.63, 3.8) is 0 Å². The Hall–Kier alpha value is -1.84. The minimum Gasteiger partial charge on any atom is -0.399 e. The van der Waals surface area contributed by atoms with Crippen molar-refractivity contribution in [1.82, 2.24) is 14.8 Å². The van der Waals surface area contributed by atoms with Crippen molar-refractivity contribution in [2.45, 2.75) is 51.5 Å². The van der Waals surface area contributed by atoms with Crippen LogP contribution in [0.3, 0.4) is 0 Å². The van der Waals surface area contributed by atoms with E-state index in [0.29, 0.717) is 6.04 Å². The highest BCUT2D eigenvalue weighted by Gasteiger charge is 2.22. The maximum atomic E-state index is 6.01. The van der Waals surface area contributed by atoms with Crippen LogP contribution >= 0.6 is 0 Å². The molecular formula is C16H22N4. The van der Waals surface area contributed by atoms with E-state index in [9.17, 15) is 0 Å². The predicted octanol–water partition coefficient (Wildman–Crippen LogP) is 3.07. The number of anilines is 1. The smallest absolute Gasteiger partial charge is 0.133 e. The number of para-hydroxylation sites is 1. The first kappa shape index (κ1) is 13.2.